The van der Waals surface area contributed by atoms with Gasteiger partial charge in [-0.3, -0.25) is 4.98 Å². The first-order chi connectivity index (χ1) is 12.7. The van der Waals surface area contributed by atoms with Crippen molar-refractivity contribution < 1.29 is 4.39 Å². The van der Waals surface area contributed by atoms with Crippen molar-refractivity contribution in [1.82, 2.24) is 4.98 Å². The van der Waals surface area contributed by atoms with Gasteiger partial charge in [-0.25, -0.2) is 4.39 Å². The summed E-state index contributed by atoms with van der Waals surface area (Å²) in [5.74, 6) is -0.218. The monoisotopic (exact) mass is 337 g/mol. The van der Waals surface area contributed by atoms with Gasteiger partial charge in [0.05, 0.1) is 5.69 Å². The molecule has 124 valence electrons. The number of rotatable bonds is 1. The van der Waals surface area contributed by atoms with Crippen molar-refractivity contribution in [1.29, 1.82) is 0 Å². The second-order valence-corrected chi connectivity index (χ2v) is 6.70. The summed E-state index contributed by atoms with van der Waals surface area (Å²) in [6.45, 7) is 2.13. The van der Waals surface area contributed by atoms with Crippen molar-refractivity contribution in [2.75, 3.05) is 0 Å². The van der Waals surface area contributed by atoms with E-state index in [-0.39, 0.29) is 5.82 Å². The second kappa shape index (κ2) is 5.63. The molecule has 5 rings (SSSR count). The standard InChI is InChI=1S/C24H16FN/c1-15-12-18(13-17-4-2-3-5-20(15)17)24-22-9-7-16-6-8-19(25)14-23(16)21(22)10-11-26-24/h2-14H,1H3. The van der Waals surface area contributed by atoms with E-state index in [1.807, 2.05) is 24.4 Å². The summed E-state index contributed by atoms with van der Waals surface area (Å²) >= 11 is 0. The van der Waals surface area contributed by atoms with E-state index in [1.54, 1.807) is 6.07 Å². The number of benzene rings is 4. The summed E-state index contributed by atoms with van der Waals surface area (Å²) in [4.78, 5) is 4.66. The number of halogens is 1. The molecule has 4 aromatic carbocycles. The van der Waals surface area contributed by atoms with Gasteiger partial charge < -0.3 is 0 Å². The van der Waals surface area contributed by atoms with Crippen molar-refractivity contribution in [2.24, 2.45) is 0 Å². The van der Waals surface area contributed by atoms with Crippen LogP contribution in [0.5, 0.6) is 0 Å². The first kappa shape index (κ1) is 15.0. The zero-order chi connectivity index (χ0) is 17.7. The third kappa shape index (κ3) is 2.26. The molecular formula is C24H16FN. The number of pyridine rings is 1. The summed E-state index contributed by atoms with van der Waals surface area (Å²) in [6.07, 6.45) is 1.81. The van der Waals surface area contributed by atoms with Crippen LogP contribution in [0.25, 0.3) is 43.6 Å². The Kier molecular flexibility index (Phi) is 3.26. The number of hydrogen-bond acceptors (Lipinski definition) is 1. The molecule has 0 aliphatic rings. The van der Waals surface area contributed by atoms with E-state index < -0.39 is 0 Å². The van der Waals surface area contributed by atoms with Crippen LogP contribution in [0.3, 0.4) is 0 Å². The molecule has 5 aromatic rings. The predicted octanol–water partition coefficient (Wildman–Crippen LogP) is 6.66. The third-order valence-electron chi connectivity index (χ3n) is 5.07. The van der Waals surface area contributed by atoms with Gasteiger partial charge in [0.1, 0.15) is 5.82 Å². The Morgan fingerprint density at radius 1 is 0.692 bits per heavy atom. The predicted molar refractivity (Wildman–Crippen MR) is 107 cm³/mol. The lowest BCUT2D eigenvalue weighted by Gasteiger charge is -2.11. The van der Waals surface area contributed by atoms with Crippen LogP contribution in [0.15, 0.2) is 79.0 Å². The Morgan fingerprint density at radius 3 is 2.46 bits per heavy atom. The van der Waals surface area contributed by atoms with Crippen LogP contribution in [0.4, 0.5) is 4.39 Å². The molecule has 0 radical (unpaired) electrons. The Balaban J connectivity index is 1.85. The maximum absolute atomic E-state index is 13.8. The molecule has 0 saturated heterocycles. The fourth-order valence-electron chi connectivity index (χ4n) is 3.83. The molecule has 1 nitrogen and oxygen atoms in total. The van der Waals surface area contributed by atoms with Gasteiger partial charge in [-0.15, -0.1) is 0 Å². The van der Waals surface area contributed by atoms with Crippen molar-refractivity contribution >= 4 is 32.3 Å². The number of hydrogen-bond donors (Lipinski definition) is 0. The topological polar surface area (TPSA) is 12.9 Å². The highest BCUT2D eigenvalue weighted by Gasteiger charge is 2.10. The largest absolute Gasteiger partial charge is 0.256 e. The van der Waals surface area contributed by atoms with E-state index in [0.717, 1.165) is 32.8 Å². The molecule has 0 saturated carbocycles. The molecule has 0 aliphatic heterocycles. The molecule has 0 bridgehead atoms. The molecule has 1 aromatic heterocycles. The van der Waals surface area contributed by atoms with E-state index in [9.17, 15) is 4.39 Å². The van der Waals surface area contributed by atoms with Crippen LogP contribution in [0.2, 0.25) is 0 Å². The number of aromatic nitrogens is 1. The van der Waals surface area contributed by atoms with Gasteiger partial charge in [0.2, 0.25) is 0 Å². The van der Waals surface area contributed by atoms with Gasteiger partial charge in [0.25, 0.3) is 0 Å². The minimum Gasteiger partial charge on any atom is -0.256 e. The highest BCUT2D eigenvalue weighted by molar-refractivity contribution is 6.11. The first-order valence-corrected chi connectivity index (χ1v) is 8.67. The van der Waals surface area contributed by atoms with Gasteiger partial charge in [-0.05, 0) is 69.8 Å². The maximum atomic E-state index is 13.8. The average molecular weight is 337 g/mol. The number of nitrogens with zero attached hydrogens (tertiary/aromatic N) is 1. The van der Waals surface area contributed by atoms with Gasteiger partial charge in [-0.2, -0.15) is 0 Å². The third-order valence-corrected chi connectivity index (χ3v) is 5.07. The van der Waals surface area contributed by atoms with Crippen LogP contribution in [-0.2, 0) is 0 Å². The highest BCUT2D eigenvalue weighted by atomic mass is 19.1. The molecule has 0 fully saturated rings. The smallest absolute Gasteiger partial charge is 0.123 e. The van der Waals surface area contributed by atoms with E-state index >= 15 is 0 Å². The van der Waals surface area contributed by atoms with Crippen LogP contribution >= 0.6 is 0 Å². The molecule has 0 aliphatic carbocycles. The van der Waals surface area contributed by atoms with Gasteiger partial charge in [-0.1, -0.05) is 42.5 Å². The number of fused-ring (bicyclic) bond motifs is 4. The van der Waals surface area contributed by atoms with Crippen LogP contribution in [0, 0.1) is 12.7 Å². The van der Waals surface area contributed by atoms with Crippen LogP contribution < -0.4 is 0 Å². The Hall–Kier alpha value is -3.26. The first-order valence-electron chi connectivity index (χ1n) is 8.67. The lowest BCUT2D eigenvalue weighted by Crippen LogP contribution is -1.89. The molecule has 0 atom stereocenters. The van der Waals surface area contributed by atoms with Gasteiger partial charge in [0, 0.05) is 17.1 Å². The van der Waals surface area contributed by atoms with E-state index in [0.29, 0.717) is 0 Å². The van der Waals surface area contributed by atoms with Gasteiger partial charge >= 0.3 is 0 Å². The van der Waals surface area contributed by atoms with E-state index in [4.69, 9.17) is 0 Å². The maximum Gasteiger partial charge on any atom is 0.123 e. The van der Waals surface area contributed by atoms with E-state index in [2.05, 4.69) is 54.4 Å². The minimum absolute atomic E-state index is 0.218. The lowest BCUT2D eigenvalue weighted by atomic mass is 9.95. The quantitative estimate of drug-likeness (QED) is 0.312. The van der Waals surface area contributed by atoms with Crippen molar-refractivity contribution in [2.45, 2.75) is 6.92 Å². The zero-order valence-electron chi connectivity index (χ0n) is 14.3. The molecule has 26 heavy (non-hydrogen) atoms. The van der Waals surface area contributed by atoms with Crippen molar-refractivity contribution in [3.63, 3.8) is 0 Å². The Labute approximate surface area is 150 Å². The normalized spacial score (nSPS) is 11.5. The Morgan fingerprint density at radius 2 is 1.54 bits per heavy atom. The molecule has 1 heterocycles. The van der Waals surface area contributed by atoms with Crippen molar-refractivity contribution in [3.05, 3.63) is 90.4 Å². The molecule has 0 unspecified atom stereocenters. The molecular weight excluding hydrogens is 321 g/mol. The fourth-order valence-corrected chi connectivity index (χ4v) is 3.83. The number of aryl methyl sites for hydroxylation is 1. The summed E-state index contributed by atoms with van der Waals surface area (Å²) < 4.78 is 13.8. The van der Waals surface area contributed by atoms with Crippen molar-refractivity contribution in [3.8, 4) is 11.3 Å². The summed E-state index contributed by atoms with van der Waals surface area (Å²) in [6, 6.07) is 23.8. The fraction of sp³-hybridized carbons (Fsp3) is 0.0417. The SMILES string of the molecule is Cc1cc(-c2nccc3c2ccc2ccc(F)cc23)cc2ccccc12. The minimum atomic E-state index is -0.218. The Bertz CT molecular complexity index is 1300. The summed E-state index contributed by atoms with van der Waals surface area (Å²) in [5.41, 5.74) is 3.24. The molecule has 0 N–H and O–H groups in total. The average Bonchev–Trinajstić information content (AvgIpc) is 2.67. The second-order valence-electron chi connectivity index (χ2n) is 6.70. The molecule has 2 heteroatoms. The van der Waals surface area contributed by atoms with Crippen LogP contribution in [-0.4, -0.2) is 4.98 Å². The molecule has 0 spiro atoms. The highest BCUT2D eigenvalue weighted by Crippen LogP contribution is 2.34. The van der Waals surface area contributed by atoms with Gasteiger partial charge in [0.15, 0.2) is 0 Å². The summed E-state index contributed by atoms with van der Waals surface area (Å²) in [5, 5.41) is 6.48. The summed E-state index contributed by atoms with van der Waals surface area (Å²) in [7, 11) is 0. The zero-order valence-corrected chi connectivity index (χ0v) is 14.3. The lowest BCUT2D eigenvalue weighted by molar-refractivity contribution is 0.630. The van der Waals surface area contributed by atoms with Crippen LogP contribution in [0.1, 0.15) is 5.56 Å². The van der Waals surface area contributed by atoms with E-state index in [1.165, 1.54) is 22.4 Å². The molecule has 0 amide bonds.